The maximum atomic E-state index is 15.7. The summed E-state index contributed by atoms with van der Waals surface area (Å²) in [5.74, 6) is -4.87. The topological polar surface area (TPSA) is 198 Å². The third-order valence-corrected chi connectivity index (χ3v) is 10.8. The van der Waals surface area contributed by atoms with Gasteiger partial charge in [-0.1, -0.05) is 12.1 Å². The maximum Gasteiger partial charge on any atom is 0.348 e. The van der Waals surface area contributed by atoms with Gasteiger partial charge in [0, 0.05) is 38.1 Å². The molecule has 0 spiro atoms. The van der Waals surface area contributed by atoms with E-state index in [1.165, 1.54) is 38.4 Å². The first-order valence-electron chi connectivity index (χ1n) is 18.9. The standard InChI is InChI=1S/C42H30Br2F6N8O8/c1-55-31(15-23-3-5-29(43)37(35(23)45)65-27-11-21(17-51)9-25(13-27)39(47)48)53-57(41(55)61)19-63-33(59)7-8-34(60)64-20-58-42(62)56(2)32(54-58)16-24-4-6-30(44)38(36(24)46)66-28-12-22(18-52)10-26(14-28)40(49)50/h3-6,9-14,39-40H,7-8,15-16,19-20H2,1-2H3. The Morgan fingerprint density at radius 2 is 1.03 bits per heavy atom. The van der Waals surface area contributed by atoms with E-state index in [1.54, 1.807) is 12.1 Å². The molecule has 2 aromatic heterocycles. The highest BCUT2D eigenvalue weighted by molar-refractivity contribution is 9.11. The highest BCUT2D eigenvalue weighted by Crippen LogP contribution is 2.38. The van der Waals surface area contributed by atoms with Crippen LogP contribution in [0.4, 0.5) is 26.3 Å². The van der Waals surface area contributed by atoms with Crippen LogP contribution in [0, 0.1) is 34.3 Å². The first kappa shape index (κ1) is 48.3. The molecule has 0 aliphatic heterocycles. The van der Waals surface area contributed by atoms with Crippen LogP contribution in [0.5, 0.6) is 23.0 Å². The fraction of sp³-hybridized carbons (Fsp3) is 0.238. The van der Waals surface area contributed by atoms with Gasteiger partial charge >= 0.3 is 23.3 Å². The van der Waals surface area contributed by atoms with Crippen molar-refractivity contribution < 1.29 is 54.9 Å². The molecule has 24 heteroatoms. The predicted molar refractivity (Wildman–Crippen MR) is 223 cm³/mol. The summed E-state index contributed by atoms with van der Waals surface area (Å²) in [4.78, 5) is 50.8. The second-order valence-corrected chi connectivity index (χ2v) is 15.7. The van der Waals surface area contributed by atoms with Crippen molar-refractivity contribution in [1.29, 1.82) is 10.5 Å². The number of nitrogens with zero attached hydrogens (tertiary/aromatic N) is 8. The van der Waals surface area contributed by atoms with Gasteiger partial charge < -0.3 is 18.9 Å². The summed E-state index contributed by atoms with van der Waals surface area (Å²) in [6.07, 6.45) is -7.44. The minimum absolute atomic E-state index is 0.0198. The molecule has 0 saturated heterocycles. The van der Waals surface area contributed by atoms with E-state index in [1.807, 2.05) is 0 Å². The third-order valence-electron chi connectivity index (χ3n) is 9.51. The number of ether oxygens (including phenoxy) is 4. The first-order valence-corrected chi connectivity index (χ1v) is 20.5. The largest absolute Gasteiger partial charge is 0.453 e. The molecule has 0 aliphatic rings. The third kappa shape index (κ3) is 11.2. The van der Waals surface area contributed by atoms with Gasteiger partial charge in [-0.25, -0.2) is 35.9 Å². The van der Waals surface area contributed by atoms with Crippen molar-refractivity contribution in [1.82, 2.24) is 28.7 Å². The zero-order chi connectivity index (χ0) is 48.0. The Balaban J connectivity index is 1.02. The van der Waals surface area contributed by atoms with Crippen LogP contribution in [-0.2, 0) is 59.5 Å². The lowest BCUT2D eigenvalue weighted by molar-refractivity contribution is -0.154. The molecule has 0 saturated carbocycles. The van der Waals surface area contributed by atoms with Crippen LogP contribution in [0.1, 0.15) is 70.7 Å². The number of hydrogen-bond donors (Lipinski definition) is 0. The molecular weight excluding hydrogens is 1020 g/mol. The van der Waals surface area contributed by atoms with Crippen LogP contribution in [0.15, 0.2) is 79.2 Å². The van der Waals surface area contributed by atoms with Gasteiger partial charge in [-0.05, 0) is 91.5 Å². The molecule has 0 radical (unpaired) electrons. The molecule has 0 amide bonds. The molecule has 16 nitrogen and oxygen atoms in total. The Bertz CT molecular complexity index is 2860. The average molecular weight is 1050 g/mol. The second-order valence-electron chi connectivity index (χ2n) is 14.0. The minimum atomic E-state index is -2.92. The molecule has 6 rings (SSSR count). The molecule has 0 N–H and O–H groups in total. The molecule has 66 heavy (non-hydrogen) atoms. The van der Waals surface area contributed by atoms with E-state index in [0.29, 0.717) is 0 Å². The van der Waals surface area contributed by atoms with E-state index in [-0.39, 0.29) is 78.7 Å². The van der Waals surface area contributed by atoms with Crippen molar-refractivity contribution >= 4 is 43.8 Å². The fourth-order valence-corrected chi connectivity index (χ4v) is 6.86. The number of benzene rings is 4. The minimum Gasteiger partial charge on any atom is -0.453 e. The van der Waals surface area contributed by atoms with Crippen molar-refractivity contribution in [2.24, 2.45) is 14.1 Å². The first-order chi connectivity index (χ1) is 31.4. The number of aromatic nitrogens is 6. The van der Waals surface area contributed by atoms with Crippen molar-refractivity contribution in [2.75, 3.05) is 0 Å². The van der Waals surface area contributed by atoms with Crippen LogP contribution < -0.4 is 20.9 Å². The van der Waals surface area contributed by atoms with Gasteiger partial charge in [0.05, 0.1) is 45.1 Å². The van der Waals surface area contributed by atoms with Crippen LogP contribution >= 0.6 is 31.9 Å². The number of esters is 2. The lowest BCUT2D eigenvalue weighted by Crippen LogP contribution is -2.26. The van der Waals surface area contributed by atoms with Crippen LogP contribution in [-0.4, -0.2) is 40.6 Å². The van der Waals surface area contributed by atoms with Crippen LogP contribution in [0.25, 0.3) is 0 Å². The quantitative estimate of drug-likeness (QED) is 0.0629. The summed E-state index contributed by atoms with van der Waals surface area (Å²) in [5, 5.41) is 26.7. The highest BCUT2D eigenvalue weighted by Gasteiger charge is 2.23. The smallest absolute Gasteiger partial charge is 0.348 e. The van der Waals surface area contributed by atoms with E-state index in [4.69, 9.17) is 18.9 Å². The summed E-state index contributed by atoms with van der Waals surface area (Å²) < 4.78 is 110. The van der Waals surface area contributed by atoms with Crippen LogP contribution in [0.2, 0.25) is 0 Å². The second kappa shape index (κ2) is 20.8. The number of alkyl halides is 4. The monoisotopic (exact) mass is 1050 g/mol. The molecule has 0 bridgehead atoms. The maximum absolute atomic E-state index is 15.7. The summed E-state index contributed by atoms with van der Waals surface area (Å²) in [6.45, 7) is -1.38. The summed E-state index contributed by atoms with van der Waals surface area (Å²) in [6, 6.07) is 15.3. The molecule has 2 heterocycles. The van der Waals surface area contributed by atoms with Crippen molar-refractivity contribution in [2.45, 2.75) is 52.0 Å². The zero-order valence-corrected chi connectivity index (χ0v) is 37.2. The van der Waals surface area contributed by atoms with E-state index in [9.17, 15) is 47.3 Å². The Hall–Kier alpha value is -7.18. The highest BCUT2D eigenvalue weighted by atomic mass is 79.9. The molecule has 6 aromatic rings. The van der Waals surface area contributed by atoms with Gasteiger partial charge in [0.1, 0.15) is 23.1 Å². The summed E-state index contributed by atoms with van der Waals surface area (Å²) in [7, 11) is 2.67. The average Bonchev–Trinajstić information content (AvgIpc) is 3.72. The molecule has 0 aliphatic carbocycles. The summed E-state index contributed by atoms with van der Waals surface area (Å²) in [5.41, 5.74) is -2.81. The lowest BCUT2D eigenvalue weighted by Gasteiger charge is -2.13. The molecule has 0 atom stereocenters. The number of hydrogen-bond acceptors (Lipinski definition) is 12. The van der Waals surface area contributed by atoms with Crippen molar-refractivity contribution in [3.8, 4) is 35.1 Å². The van der Waals surface area contributed by atoms with Gasteiger partial charge in [-0.2, -0.15) is 30.1 Å². The van der Waals surface area contributed by atoms with Gasteiger partial charge in [-0.15, -0.1) is 0 Å². The molecule has 342 valence electrons. The number of halogens is 8. The number of carbonyl (C=O) groups excluding carboxylic acids is 2. The van der Waals surface area contributed by atoms with Gasteiger partial charge in [0.25, 0.3) is 12.9 Å². The normalized spacial score (nSPS) is 11.1. The van der Waals surface area contributed by atoms with E-state index >= 15 is 8.78 Å². The number of carbonyl (C=O) groups is 2. The number of rotatable bonds is 17. The Morgan fingerprint density at radius 1 is 0.652 bits per heavy atom. The van der Waals surface area contributed by atoms with Gasteiger partial charge in [0.2, 0.25) is 0 Å². The Morgan fingerprint density at radius 3 is 1.38 bits per heavy atom. The number of nitriles is 2. The van der Waals surface area contributed by atoms with Crippen LogP contribution in [0.3, 0.4) is 0 Å². The van der Waals surface area contributed by atoms with Crippen molar-refractivity contribution in [3.63, 3.8) is 0 Å². The Labute approximate surface area is 385 Å². The van der Waals surface area contributed by atoms with E-state index in [0.717, 1.165) is 54.9 Å². The molecule has 0 fully saturated rings. The molecule has 4 aromatic carbocycles. The Kier molecular flexibility index (Phi) is 15.2. The zero-order valence-electron chi connectivity index (χ0n) is 34.0. The SMILES string of the molecule is Cn1c(Cc2ccc(Br)c(Oc3cc(C#N)cc(C(F)F)c3)c2F)nn(COC(=O)CCC(=O)OCn2nc(Cc3ccc(Br)c(Oc4cc(C#N)cc(C(F)F)c4)c3F)n(C)c2=O)c1=O. The van der Waals surface area contributed by atoms with E-state index in [2.05, 4.69) is 42.1 Å². The molecule has 0 unspecified atom stereocenters. The van der Waals surface area contributed by atoms with E-state index < -0.39 is 85.2 Å². The summed E-state index contributed by atoms with van der Waals surface area (Å²) >= 11 is 6.33. The fourth-order valence-electron chi connectivity index (χ4n) is 6.08. The predicted octanol–water partition coefficient (Wildman–Crippen LogP) is 8.15. The van der Waals surface area contributed by atoms with Crippen molar-refractivity contribution in [3.05, 3.63) is 147 Å². The molecular formula is C42H30Br2F6N8O8. The lowest BCUT2D eigenvalue weighted by atomic mass is 10.1. The van der Waals surface area contributed by atoms with Gasteiger partial charge in [-0.3, -0.25) is 18.7 Å². The van der Waals surface area contributed by atoms with Gasteiger partial charge in [0.15, 0.2) is 36.6 Å².